The van der Waals surface area contributed by atoms with Crippen molar-refractivity contribution in [1.29, 1.82) is 0 Å². The Morgan fingerprint density at radius 2 is 2.19 bits per heavy atom. The average Bonchev–Trinajstić information content (AvgIpc) is 2.73. The maximum absolute atomic E-state index is 11.7. The summed E-state index contributed by atoms with van der Waals surface area (Å²) in [4.78, 5) is 35.1. The number of esters is 1. The molecule has 0 unspecified atom stereocenters. The van der Waals surface area contributed by atoms with Gasteiger partial charge in [-0.05, 0) is 6.42 Å². The van der Waals surface area contributed by atoms with E-state index in [0.717, 1.165) is 11.8 Å². The molecule has 0 fully saturated rings. The van der Waals surface area contributed by atoms with E-state index >= 15 is 0 Å². The van der Waals surface area contributed by atoms with E-state index in [9.17, 15) is 14.4 Å². The van der Waals surface area contributed by atoms with E-state index in [2.05, 4.69) is 4.74 Å². The Bertz CT molecular complexity index is 351. The van der Waals surface area contributed by atoms with Crippen LogP contribution in [0.15, 0.2) is 11.8 Å². The molecule has 0 aromatic carbocycles. The van der Waals surface area contributed by atoms with Crippen molar-refractivity contribution in [2.24, 2.45) is 0 Å². The summed E-state index contributed by atoms with van der Waals surface area (Å²) in [5.41, 5.74) is 0.275. The molecule has 1 rings (SSSR count). The van der Waals surface area contributed by atoms with Crippen molar-refractivity contribution < 1.29 is 19.1 Å². The molecule has 0 bridgehead atoms. The van der Waals surface area contributed by atoms with Crippen molar-refractivity contribution in [3.8, 4) is 0 Å². The number of hydrogen-bond acceptors (Lipinski definition) is 5. The highest BCUT2D eigenvalue weighted by Gasteiger charge is 2.27. The second kappa shape index (κ2) is 5.69. The van der Waals surface area contributed by atoms with E-state index in [4.69, 9.17) is 0 Å². The van der Waals surface area contributed by atoms with E-state index in [1.165, 1.54) is 18.9 Å². The molecule has 0 N–H and O–H groups in total. The van der Waals surface area contributed by atoms with Crippen molar-refractivity contribution in [3.05, 3.63) is 11.8 Å². The molecule has 6 heteroatoms. The Morgan fingerprint density at radius 1 is 1.50 bits per heavy atom. The first-order chi connectivity index (χ1) is 7.56. The molecule has 0 aliphatic carbocycles. The fourth-order valence-corrected chi connectivity index (χ4v) is 1.84. The average molecular weight is 243 g/mol. The minimum atomic E-state index is -0.515. The minimum Gasteiger partial charge on any atom is -0.464 e. The highest BCUT2D eigenvalue weighted by atomic mass is 32.2. The second-order valence-electron chi connectivity index (χ2n) is 3.20. The van der Waals surface area contributed by atoms with Gasteiger partial charge < -0.3 is 9.64 Å². The van der Waals surface area contributed by atoms with Crippen LogP contribution < -0.4 is 0 Å². The fraction of sp³-hybridized carbons (Fsp3) is 0.500. The van der Waals surface area contributed by atoms with E-state index < -0.39 is 5.97 Å². The highest BCUT2D eigenvalue weighted by molar-refractivity contribution is 8.14. The summed E-state index contributed by atoms with van der Waals surface area (Å²) in [7, 11) is 1.27. The number of nitrogens with zero attached hydrogens (tertiary/aromatic N) is 1. The van der Waals surface area contributed by atoms with Gasteiger partial charge in [-0.25, -0.2) is 4.79 Å². The van der Waals surface area contributed by atoms with Crippen LogP contribution >= 0.6 is 11.8 Å². The van der Waals surface area contributed by atoms with Gasteiger partial charge in [0, 0.05) is 13.5 Å². The molecule has 88 valence electrons. The van der Waals surface area contributed by atoms with Crippen molar-refractivity contribution in [3.63, 3.8) is 0 Å². The third-order valence-corrected chi connectivity index (χ3v) is 2.87. The van der Waals surface area contributed by atoms with E-state index in [-0.39, 0.29) is 22.5 Å². The molecular formula is C10H13NO4S. The SMILES string of the molecule is COC(=O)C1=CCCN1C(=O)CSC(C)=O. The topological polar surface area (TPSA) is 63.7 Å². The molecule has 5 nitrogen and oxygen atoms in total. The van der Waals surface area contributed by atoms with Crippen LogP contribution in [0.1, 0.15) is 13.3 Å². The van der Waals surface area contributed by atoms with E-state index in [1.807, 2.05) is 0 Å². The quantitative estimate of drug-likeness (QED) is 0.677. The first-order valence-electron chi connectivity index (χ1n) is 4.78. The zero-order chi connectivity index (χ0) is 12.1. The van der Waals surface area contributed by atoms with Crippen molar-refractivity contribution in [2.45, 2.75) is 13.3 Å². The summed E-state index contributed by atoms with van der Waals surface area (Å²) in [6, 6.07) is 0. The Labute approximate surface area is 97.8 Å². The lowest BCUT2D eigenvalue weighted by Crippen LogP contribution is -2.33. The molecule has 0 atom stereocenters. The van der Waals surface area contributed by atoms with Crippen molar-refractivity contribution >= 4 is 28.8 Å². The number of amides is 1. The number of hydrogen-bond donors (Lipinski definition) is 0. The van der Waals surface area contributed by atoms with Gasteiger partial charge in [0.25, 0.3) is 0 Å². The number of rotatable bonds is 3. The molecular weight excluding hydrogens is 230 g/mol. The van der Waals surface area contributed by atoms with Crippen LogP contribution in [0.3, 0.4) is 0 Å². The molecule has 0 radical (unpaired) electrons. The van der Waals surface area contributed by atoms with Gasteiger partial charge in [-0.2, -0.15) is 0 Å². The van der Waals surface area contributed by atoms with Crippen LogP contribution in [0.2, 0.25) is 0 Å². The van der Waals surface area contributed by atoms with Gasteiger partial charge in [-0.1, -0.05) is 17.8 Å². The molecule has 0 spiro atoms. The molecule has 16 heavy (non-hydrogen) atoms. The van der Waals surface area contributed by atoms with Crippen LogP contribution in [0.5, 0.6) is 0 Å². The Hall–Kier alpha value is -1.30. The summed E-state index contributed by atoms with van der Waals surface area (Å²) in [5, 5.41) is -0.115. The monoisotopic (exact) mass is 243 g/mol. The van der Waals surface area contributed by atoms with Gasteiger partial charge in [-0.15, -0.1) is 0 Å². The molecule has 1 amide bonds. The number of ether oxygens (including phenoxy) is 1. The molecule has 0 aromatic rings. The Balaban J connectivity index is 2.60. The summed E-state index contributed by atoms with van der Waals surface area (Å²) in [6.45, 7) is 1.88. The number of carbonyl (C=O) groups is 3. The van der Waals surface area contributed by atoms with Crippen molar-refractivity contribution in [1.82, 2.24) is 4.90 Å². The standard InChI is InChI=1S/C10H13NO4S/c1-7(12)16-6-9(13)11-5-3-4-8(11)10(14)15-2/h4H,3,5-6H2,1-2H3. The van der Waals surface area contributed by atoms with Crippen LogP contribution in [-0.4, -0.2) is 41.3 Å². The van der Waals surface area contributed by atoms with Gasteiger partial charge in [0.15, 0.2) is 5.12 Å². The Morgan fingerprint density at radius 3 is 2.75 bits per heavy atom. The first kappa shape index (κ1) is 12.8. The number of carbonyl (C=O) groups excluding carboxylic acids is 3. The second-order valence-corrected chi connectivity index (χ2v) is 4.35. The van der Waals surface area contributed by atoms with Gasteiger partial charge in [-0.3, -0.25) is 9.59 Å². The minimum absolute atomic E-state index is 0.0592. The molecule has 0 saturated heterocycles. The largest absolute Gasteiger partial charge is 0.464 e. The van der Waals surface area contributed by atoms with Crippen LogP contribution in [0.25, 0.3) is 0 Å². The maximum atomic E-state index is 11.7. The third kappa shape index (κ3) is 3.10. The molecule has 1 aliphatic heterocycles. The third-order valence-electron chi connectivity index (χ3n) is 2.08. The van der Waals surface area contributed by atoms with Gasteiger partial charge in [0.2, 0.25) is 5.91 Å². The first-order valence-corrected chi connectivity index (χ1v) is 5.77. The summed E-state index contributed by atoms with van der Waals surface area (Å²) < 4.78 is 4.57. The highest BCUT2D eigenvalue weighted by Crippen LogP contribution is 2.18. The normalized spacial score (nSPS) is 14.6. The summed E-state index contributed by atoms with van der Waals surface area (Å²) in [6.07, 6.45) is 2.31. The number of thioether (sulfide) groups is 1. The zero-order valence-electron chi connectivity index (χ0n) is 9.19. The van der Waals surface area contributed by atoms with Gasteiger partial charge >= 0.3 is 5.97 Å². The zero-order valence-corrected chi connectivity index (χ0v) is 10.0. The lowest BCUT2D eigenvalue weighted by molar-refractivity contribution is -0.140. The van der Waals surface area contributed by atoms with Crippen LogP contribution in [-0.2, 0) is 19.1 Å². The fourth-order valence-electron chi connectivity index (χ4n) is 1.36. The predicted molar refractivity (Wildman–Crippen MR) is 59.6 cm³/mol. The predicted octanol–water partition coefficient (Wildman–Crippen LogP) is 0.555. The summed E-state index contributed by atoms with van der Waals surface area (Å²) in [5.74, 6) is -0.697. The Kier molecular flexibility index (Phi) is 4.54. The van der Waals surface area contributed by atoms with E-state index in [1.54, 1.807) is 6.08 Å². The van der Waals surface area contributed by atoms with Crippen LogP contribution in [0, 0.1) is 0 Å². The van der Waals surface area contributed by atoms with Gasteiger partial charge in [0.1, 0.15) is 5.70 Å². The molecule has 1 aliphatic rings. The lowest BCUT2D eigenvalue weighted by Gasteiger charge is -2.17. The molecule has 1 heterocycles. The smallest absolute Gasteiger partial charge is 0.354 e. The van der Waals surface area contributed by atoms with Crippen LogP contribution in [0.4, 0.5) is 0 Å². The maximum Gasteiger partial charge on any atom is 0.354 e. The molecule has 0 saturated carbocycles. The lowest BCUT2D eigenvalue weighted by atomic mass is 10.4. The van der Waals surface area contributed by atoms with Gasteiger partial charge in [0.05, 0.1) is 12.9 Å². The molecule has 0 aromatic heterocycles. The summed E-state index contributed by atoms with van der Waals surface area (Å²) >= 11 is 0.938. The van der Waals surface area contributed by atoms with Crippen molar-refractivity contribution in [2.75, 3.05) is 19.4 Å². The van der Waals surface area contributed by atoms with E-state index in [0.29, 0.717) is 13.0 Å². The number of methoxy groups -OCH3 is 1.